The fourth-order valence-electron chi connectivity index (χ4n) is 6.58. The van der Waals surface area contributed by atoms with Gasteiger partial charge in [-0.3, -0.25) is 19.7 Å². The average Bonchev–Trinajstić information content (AvgIpc) is 3.36. The smallest absolute Gasteiger partial charge is 0.258 e. The van der Waals surface area contributed by atoms with E-state index in [4.69, 9.17) is 4.98 Å². The summed E-state index contributed by atoms with van der Waals surface area (Å²) < 4.78 is 1.98. The van der Waals surface area contributed by atoms with E-state index in [9.17, 15) is 4.79 Å². The van der Waals surface area contributed by atoms with Crippen molar-refractivity contribution in [1.82, 2.24) is 34.9 Å². The van der Waals surface area contributed by atoms with E-state index in [1.807, 2.05) is 30.1 Å². The first-order valence-corrected chi connectivity index (χ1v) is 14.8. The van der Waals surface area contributed by atoms with E-state index in [1.54, 1.807) is 18.5 Å². The van der Waals surface area contributed by atoms with Crippen molar-refractivity contribution >= 4 is 28.6 Å². The fraction of sp³-hybridized carbons (Fsp3) is 0.452. The van der Waals surface area contributed by atoms with Gasteiger partial charge in [0.15, 0.2) is 0 Å². The van der Waals surface area contributed by atoms with Crippen LogP contribution in [-0.4, -0.2) is 74.8 Å². The number of fused-ring (bicyclic) bond motifs is 1. The molecule has 212 valence electrons. The van der Waals surface area contributed by atoms with Crippen LogP contribution in [0.4, 0.5) is 11.8 Å². The zero-order valence-electron chi connectivity index (χ0n) is 23.6. The van der Waals surface area contributed by atoms with Crippen LogP contribution in [0, 0.1) is 5.41 Å². The van der Waals surface area contributed by atoms with Gasteiger partial charge < -0.3 is 10.2 Å². The third kappa shape index (κ3) is 5.29. The number of aromatic nitrogens is 5. The van der Waals surface area contributed by atoms with Crippen molar-refractivity contribution in [3.05, 3.63) is 60.2 Å². The van der Waals surface area contributed by atoms with Gasteiger partial charge in [0.05, 0.1) is 17.4 Å². The van der Waals surface area contributed by atoms with Gasteiger partial charge in [-0.05, 0) is 75.6 Å². The van der Waals surface area contributed by atoms with E-state index < -0.39 is 0 Å². The summed E-state index contributed by atoms with van der Waals surface area (Å²) in [5.74, 6) is 0.899. The van der Waals surface area contributed by atoms with Crippen LogP contribution in [0.5, 0.6) is 0 Å². The standard InChI is InChI=1S/C31H37N9O/c1-38-27(19-39-13-3-2-4-14-39)25(18-35-38)22-5-6-24-17-34-30(36-26(24)15-22)37-29(41)23-7-10-33-28(16-23)40-20-31(21-40)8-11-32-12-9-31/h5-7,10,15-18,32H,2-4,8-9,11-14,19-21H2,1H3,(H,34,36,37,41). The molecule has 10 nitrogen and oxygen atoms in total. The summed E-state index contributed by atoms with van der Waals surface area (Å²) in [5.41, 5.74) is 5.11. The minimum Gasteiger partial charge on any atom is -0.355 e. The Hall–Kier alpha value is -3.89. The molecular formula is C31H37N9O. The lowest BCUT2D eigenvalue weighted by molar-refractivity contribution is 0.102. The summed E-state index contributed by atoms with van der Waals surface area (Å²) >= 11 is 0. The lowest BCUT2D eigenvalue weighted by atomic mass is 9.72. The zero-order chi connectivity index (χ0) is 27.8. The number of pyridine rings is 1. The summed E-state index contributed by atoms with van der Waals surface area (Å²) in [6, 6.07) is 9.81. The van der Waals surface area contributed by atoms with Crippen LogP contribution in [0.3, 0.4) is 0 Å². The fourth-order valence-corrected chi connectivity index (χ4v) is 6.58. The number of piperidine rings is 2. The van der Waals surface area contributed by atoms with E-state index in [1.165, 1.54) is 37.8 Å². The minimum atomic E-state index is -0.239. The second-order valence-corrected chi connectivity index (χ2v) is 11.9. The molecule has 1 spiro atoms. The van der Waals surface area contributed by atoms with E-state index >= 15 is 0 Å². The number of carbonyl (C=O) groups excluding carboxylic acids is 1. The van der Waals surface area contributed by atoms with Crippen molar-refractivity contribution in [2.75, 3.05) is 49.5 Å². The highest BCUT2D eigenvalue weighted by Crippen LogP contribution is 2.40. The van der Waals surface area contributed by atoms with Crippen molar-refractivity contribution in [2.45, 2.75) is 38.6 Å². The zero-order valence-corrected chi connectivity index (χ0v) is 23.6. The van der Waals surface area contributed by atoms with Gasteiger partial charge >= 0.3 is 0 Å². The van der Waals surface area contributed by atoms with Gasteiger partial charge in [-0.1, -0.05) is 18.6 Å². The molecule has 3 aliphatic rings. The lowest BCUT2D eigenvalue weighted by Gasteiger charge is -2.53. The maximum Gasteiger partial charge on any atom is 0.258 e. The van der Waals surface area contributed by atoms with Gasteiger partial charge in [0.1, 0.15) is 5.82 Å². The molecule has 3 aliphatic heterocycles. The first-order chi connectivity index (χ1) is 20.1. The highest BCUT2D eigenvalue weighted by Gasteiger charge is 2.43. The predicted molar refractivity (Wildman–Crippen MR) is 160 cm³/mol. The molecular weight excluding hydrogens is 514 g/mol. The summed E-state index contributed by atoms with van der Waals surface area (Å²) in [7, 11) is 2.01. The Morgan fingerprint density at radius 3 is 2.68 bits per heavy atom. The third-order valence-corrected chi connectivity index (χ3v) is 9.05. The van der Waals surface area contributed by atoms with E-state index in [-0.39, 0.29) is 11.9 Å². The average molecular weight is 552 g/mol. The summed E-state index contributed by atoms with van der Waals surface area (Å²) in [5, 5.41) is 11.8. The topological polar surface area (TPSA) is 104 Å². The van der Waals surface area contributed by atoms with Crippen molar-refractivity contribution < 1.29 is 4.79 Å². The number of anilines is 2. The monoisotopic (exact) mass is 551 g/mol. The molecule has 0 saturated carbocycles. The van der Waals surface area contributed by atoms with Crippen LogP contribution in [0.2, 0.25) is 0 Å². The Morgan fingerprint density at radius 2 is 1.85 bits per heavy atom. The van der Waals surface area contributed by atoms with E-state index in [0.29, 0.717) is 11.0 Å². The molecule has 6 heterocycles. The number of aryl methyl sites for hydroxylation is 1. The number of amides is 1. The highest BCUT2D eigenvalue weighted by molar-refractivity contribution is 6.04. The number of hydrogen-bond donors (Lipinski definition) is 2. The van der Waals surface area contributed by atoms with Crippen molar-refractivity contribution in [3.63, 3.8) is 0 Å². The Morgan fingerprint density at radius 1 is 1.02 bits per heavy atom. The normalized spacial score (nSPS) is 18.9. The molecule has 1 amide bonds. The van der Waals surface area contributed by atoms with Crippen molar-refractivity contribution in [1.29, 1.82) is 0 Å². The molecule has 0 aliphatic carbocycles. The van der Waals surface area contributed by atoms with Crippen LogP contribution < -0.4 is 15.5 Å². The number of carbonyl (C=O) groups is 1. The number of likely N-dealkylation sites (tertiary alicyclic amines) is 1. The molecule has 41 heavy (non-hydrogen) atoms. The molecule has 3 saturated heterocycles. The molecule has 2 N–H and O–H groups in total. The molecule has 0 atom stereocenters. The van der Waals surface area contributed by atoms with Gasteiger partial charge in [-0.2, -0.15) is 5.10 Å². The van der Waals surface area contributed by atoms with Crippen molar-refractivity contribution in [3.8, 4) is 11.1 Å². The highest BCUT2D eigenvalue weighted by atomic mass is 16.1. The van der Waals surface area contributed by atoms with Crippen molar-refractivity contribution in [2.24, 2.45) is 12.5 Å². The first-order valence-electron chi connectivity index (χ1n) is 14.8. The summed E-state index contributed by atoms with van der Waals surface area (Å²) in [6.07, 6.45) is 11.6. The van der Waals surface area contributed by atoms with Gasteiger partial charge in [0.25, 0.3) is 5.91 Å². The van der Waals surface area contributed by atoms with Gasteiger partial charge in [0, 0.05) is 61.0 Å². The Labute approximate surface area is 240 Å². The number of nitrogens with one attached hydrogen (secondary N) is 2. The van der Waals surface area contributed by atoms with E-state index in [2.05, 4.69) is 47.6 Å². The van der Waals surface area contributed by atoms with Crippen LogP contribution in [-0.2, 0) is 13.6 Å². The molecule has 1 aromatic carbocycles. The lowest BCUT2D eigenvalue weighted by Crippen LogP contribution is -2.60. The predicted octanol–water partition coefficient (Wildman–Crippen LogP) is 3.85. The van der Waals surface area contributed by atoms with Crippen LogP contribution in [0.1, 0.15) is 48.2 Å². The molecule has 10 heteroatoms. The summed E-state index contributed by atoms with van der Waals surface area (Å²) in [4.78, 5) is 31.6. The molecule has 3 aromatic heterocycles. The molecule has 7 rings (SSSR count). The molecule has 0 bridgehead atoms. The largest absolute Gasteiger partial charge is 0.355 e. The first kappa shape index (κ1) is 26.0. The van der Waals surface area contributed by atoms with Gasteiger partial charge in [0.2, 0.25) is 5.95 Å². The van der Waals surface area contributed by atoms with Gasteiger partial charge in [-0.25, -0.2) is 15.0 Å². The van der Waals surface area contributed by atoms with Crippen LogP contribution in [0.25, 0.3) is 22.0 Å². The second-order valence-electron chi connectivity index (χ2n) is 11.9. The summed E-state index contributed by atoms with van der Waals surface area (Å²) in [6.45, 7) is 7.32. The maximum atomic E-state index is 13.2. The number of benzene rings is 1. The molecule has 4 aromatic rings. The Kier molecular flexibility index (Phi) is 6.88. The van der Waals surface area contributed by atoms with E-state index in [0.717, 1.165) is 73.7 Å². The molecule has 3 fully saturated rings. The number of nitrogens with zero attached hydrogens (tertiary/aromatic N) is 7. The number of hydrogen-bond acceptors (Lipinski definition) is 8. The maximum absolute atomic E-state index is 13.2. The quantitative estimate of drug-likeness (QED) is 0.373. The van der Waals surface area contributed by atoms with Gasteiger partial charge in [-0.15, -0.1) is 0 Å². The van der Waals surface area contributed by atoms with Crippen LogP contribution in [0.15, 0.2) is 48.9 Å². The SMILES string of the molecule is Cn1ncc(-c2ccc3cnc(NC(=O)c4ccnc(N5CC6(CCNCC6)C5)c4)nc3c2)c1CN1CCCCC1. The third-order valence-electron chi connectivity index (χ3n) is 9.05. The second kappa shape index (κ2) is 10.8. The number of rotatable bonds is 6. The molecule has 0 unspecified atom stereocenters. The molecule has 0 radical (unpaired) electrons. The Bertz CT molecular complexity index is 1560. The minimum absolute atomic E-state index is 0.239. The Balaban J connectivity index is 1.07. The van der Waals surface area contributed by atoms with Crippen LogP contribution >= 0.6 is 0 Å².